The number of carbonyl (C=O) groups is 2. The summed E-state index contributed by atoms with van der Waals surface area (Å²) in [4.78, 5) is 24.5. The molecule has 6 heteroatoms. The number of halogens is 2. The highest BCUT2D eigenvalue weighted by Gasteiger charge is 2.16. The second kappa shape index (κ2) is 8.88. The lowest BCUT2D eigenvalue weighted by Crippen LogP contribution is -2.36. The fourth-order valence-corrected chi connectivity index (χ4v) is 2.57. The fraction of sp³-hybridized carbons (Fsp3) is 0.500. The van der Waals surface area contributed by atoms with Crippen molar-refractivity contribution in [3.05, 3.63) is 34.1 Å². The second-order valence-corrected chi connectivity index (χ2v) is 6.47. The highest BCUT2D eigenvalue weighted by molar-refractivity contribution is 9.10. The predicted molar refractivity (Wildman–Crippen MR) is 86.1 cm³/mol. The van der Waals surface area contributed by atoms with Crippen molar-refractivity contribution >= 4 is 27.8 Å². The summed E-state index contributed by atoms with van der Waals surface area (Å²) in [5, 5.41) is 8.77. The van der Waals surface area contributed by atoms with Crippen molar-refractivity contribution in [1.82, 2.24) is 4.90 Å². The predicted octanol–water partition coefficient (Wildman–Crippen LogP) is 3.48. The van der Waals surface area contributed by atoms with Crippen LogP contribution in [0.2, 0.25) is 0 Å². The Morgan fingerprint density at radius 3 is 2.59 bits per heavy atom. The van der Waals surface area contributed by atoms with Crippen molar-refractivity contribution in [1.29, 1.82) is 0 Å². The zero-order valence-corrected chi connectivity index (χ0v) is 14.4. The number of rotatable bonds is 8. The molecule has 1 aromatic carbocycles. The van der Waals surface area contributed by atoms with E-state index in [1.807, 2.05) is 13.8 Å². The average molecular weight is 374 g/mol. The van der Waals surface area contributed by atoms with Crippen molar-refractivity contribution < 1.29 is 19.1 Å². The Labute approximate surface area is 138 Å². The van der Waals surface area contributed by atoms with Crippen LogP contribution in [-0.4, -0.2) is 35.0 Å². The third kappa shape index (κ3) is 6.56. The summed E-state index contributed by atoms with van der Waals surface area (Å²) in [6.07, 6.45) is 0.579. The zero-order chi connectivity index (χ0) is 16.7. The number of carboxylic acid groups (broad SMARTS) is 1. The van der Waals surface area contributed by atoms with E-state index in [0.717, 1.165) is 10.0 Å². The Hall–Kier alpha value is -1.43. The molecule has 0 bridgehead atoms. The van der Waals surface area contributed by atoms with Gasteiger partial charge in [-0.3, -0.25) is 9.59 Å². The fourth-order valence-electron chi connectivity index (χ4n) is 2.12. The molecule has 0 atom stereocenters. The van der Waals surface area contributed by atoms with Gasteiger partial charge in [0, 0.05) is 24.0 Å². The summed E-state index contributed by atoms with van der Waals surface area (Å²) < 4.78 is 14.0. The van der Waals surface area contributed by atoms with Gasteiger partial charge in [-0.05, 0) is 36.1 Å². The van der Waals surface area contributed by atoms with Gasteiger partial charge in [-0.2, -0.15) is 0 Å². The SMILES string of the molecule is CC(C)CN(CCC(=O)O)C(=O)CCc1cc(F)ccc1Br. The maximum atomic E-state index is 13.2. The molecule has 0 aliphatic carbocycles. The number of nitrogens with zero attached hydrogens (tertiary/aromatic N) is 1. The highest BCUT2D eigenvalue weighted by Crippen LogP contribution is 2.19. The molecule has 0 radical (unpaired) electrons. The molecule has 0 aliphatic heterocycles. The summed E-state index contributed by atoms with van der Waals surface area (Å²) in [6.45, 7) is 4.68. The normalized spacial score (nSPS) is 10.8. The molecular formula is C16H21BrFNO3. The summed E-state index contributed by atoms with van der Waals surface area (Å²) in [5.41, 5.74) is 0.732. The van der Waals surface area contributed by atoms with Crippen molar-refractivity contribution in [2.75, 3.05) is 13.1 Å². The van der Waals surface area contributed by atoms with Gasteiger partial charge in [0.05, 0.1) is 6.42 Å². The molecule has 1 amide bonds. The van der Waals surface area contributed by atoms with Gasteiger partial charge in [-0.15, -0.1) is 0 Å². The minimum Gasteiger partial charge on any atom is -0.481 e. The number of carbonyl (C=O) groups excluding carboxylic acids is 1. The van der Waals surface area contributed by atoms with Gasteiger partial charge < -0.3 is 10.0 Å². The van der Waals surface area contributed by atoms with Gasteiger partial charge in [0.15, 0.2) is 0 Å². The van der Waals surface area contributed by atoms with Crippen molar-refractivity contribution in [3.8, 4) is 0 Å². The third-order valence-corrected chi connectivity index (χ3v) is 3.92. The first-order valence-corrected chi connectivity index (χ1v) is 8.02. The lowest BCUT2D eigenvalue weighted by atomic mass is 10.1. The summed E-state index contributed by atoms with van der Waals surface area (Å²) in [6, 6.07) is 4.38. The molecule has 22 heavy (non-hydrogen) atoms. The number of hydrogen-bond donors (Lipinski definition) is 1. The Balaban J connectivity index is 2.65. The molecule has 0 heterocycles. The molecule has 1 N–H and O–H groups in total. The van der Waals surface area contributed by atoms with Crippen molar-refractivity contribution in [3.63, 3.8) is 0 Å². The number of amides is 1. The lowest BCUT2D eigenvalue weighted by molar-refractivity contribution is -0.138. The number of hydrogen-bond acceptors (Lipinski definition) is 2. The van der Waals surface area contributed by atoms with Gasteiger partial charge in [0.1, 0.15) is 5.82 Å². The van der Waals surface area contributed by atoms with E-state index in [0.29, 0.717) is 13.0 Å². The van der Waals surface area contributed by atoms with Crippen LogP contribution in [0.5, 0.6) is 0 Å². The maximum Gasteiger partial charge on any atom is 0.305 e. The van der Waals surface area contributed by atoms with Gasteiger partial charge in [-0.1, -0.05) is 29.8 Å². The molecule has 0 aliphatic rings. The molecule has 0 unspecified atom stereocenters. The first kappa shape index (κ1) is 18.6. The van der Waals surface area contributed by atoms with Gasteiger partial charge in [-0.25, -0.2) is 4.39 Å². The van der Waals surface area contributed by atoms with E-state index in [9.17, 15) is 14.0 Å². The molecule has 0 saturated heterocycles. The standard InChI is InChI=1S/C16H21BrFNO3/c1-11(2)10-19(8-7-16(21)22)15(20)6-3-12-9-13(18)4-5-14(12)17/h4-5,9,11H,3,6-8,10H2,1-2H3,(H,21,22). The smallest absolute Gasteiger partial charge is 0.305 e. The molecule has 122 valence electrons. The van der Waals surface area contributed by atoms with Crippen LogP contribution < -0.4 is 0 Å². The summed E-state index contributed by atoms with van der Waals surface area (Å²) in [5.74, 6) is -1.10. The van der Waals surface area contributed by atoms with Gasteiger partial charge in [0.25, 0.3) is 0 Å². The minimum absolute atomic E-state index is 0.0673. The van der Waals surface area contributed by atoms with Crippen LogP contribution in [0.1, 0.15) is 32.3 Å². The van der Waals surface area contributed by atoms with Crippen LogP contribution in [0.3, 0.4) is 0 Å². The number of carboxylic acids is 1. The van der Waals surface area contributed by atoms with Crippen molar-refractivity contribution in [2.24, 2.45) is 5.92 Å². The Bertz CT molecular complexity index is 534. The van der Waals surface area contributed by atoms with Crippen molar-refractivity contribution in [2.45, 2.75) is 33.1 Å². The molecule has 1 rings (SSSR count). The molecule has 0 saturated carbocycles. The number of benzene rings is 1. The molecular weight excluding hydrogens is 353 g/mol. The van der Waals surface area contributed by atoms with E-state index >= 15 is 0 Å². The third-order valence-electron chi connectivity index (χ3n) is 3.15. The summed E-state index contributed by atoms with van der Waals surface area (Å²) in [7, 11) is 0. The first-order valence-electron chi connectivity index (χ1n) is 7.23. The molecule has 0 fully saturated rings. The number of aliphatic carboxylic acids is 1. The molecule has 0 aromatic heterocycles. The van der Waals surface area contributed by atoms with E-state index < -0.39 is 5.97 Å². The van der Waals surface area contributed by atoms with E-state index in [2.05, 4.69) is 15.9 Å². The van der Waals surface area contributed by atoms with Crippen LogP contribution in [0, 0.1) is 11.7 Å². The topological polar surface area (TPSA) is 57.6 Å². The van der Waals surface area contributed by atoms with Gasteiger partial charge in [0.2, 0.25) is 5.91 Å². The van der Waals surface area contributed by atoms with E-state index in [1.54, 1.807) is 11.0 Å². The van der Waals surface area contributed by atoms with Crippen LogP contribution in [0.4, 0.5) is 4.39 Å². The summed E-state index contributed by atoms with van der Waals surface area (Å²) >= 11 is 3.34. The van der Waals surface area contributed by atoms with Gasteiger partial charge >= 0.3 is 5.97 Å². The molecule has 4 nitrogen and oxygen atoms in total. The molecule has 1 aromatic rings. The van der Waals surface area contributed by atoms with Crippen LogP contribution in [0.15, 0.2) is 22.7 Å². The van der Waals surface area contributed by atoms with E-state index in [1.165, 1.54) is 12.1 Å². The van der Waals surface area contributed by atoms with Crippen LogP contribution in [-0.2, 0) is 16.0 Å². The average Bonchev–Trinajstić information content (AvgIpc) is 2.43. The Morgan fingerprint density at radius 2 is 2.00 bits per heavy atom. The quantitative estimate of drug-likeness (QED) is 0.758. The van der Waals surface area contributed by atoms with E-state index in [4.69, 9.17) is 5.11 Å². The van der Waals surface area contributed by atoms with E-state index in [-0.39, 0.29) is 37.0 Å². The maximum absolute atomic E-state index is 13.2. The Morgan fingerprint density at radius 1 is 1.32 bits per heavy atom. The highest BCUT2D eigenvalue weighted by atomic mass is 79.9. The second-order valence-electron chi connectivity index (χ2n) is 5.61. The van der Waals surface area contributed by atoms with Crippen LogP contribution >= 0.6 is 15.9 Å². The lowest BCUT2D eigenvalue weighted by Gasteiger charge is -2.24. The Kier molecular flexibility index (Phi) is 7.51. The first-order chi connectivity index (χ1) is 10.3. The number of aryl methyl sites for hydroxylation is 1. The van der Waals surface area contributed by atoms with Crippen LogP contribution in [0.25, 0.3) is 0 Å². The molecule has 0 spiro atoms. The minimum atomic E-state index is -0.922. The monoisotopic (exact) mass is 373 g/mol. The zero-order valence-electron chi connectivity index (χ0n) is 12.8. The largest absolute Gasteiger partial charge is 0.481 e.